The Hall–Kier alpha value is -1.15. The molecule has 5 nitrogen and oxygen atoms in total. The van der Waals surface area contributed by atoms with Gasteiger partial charge in [0.25, 0.3) is 0 Å². The summed E-state index contributed by atoms with van der Waals surface area (Å²) in [5.74, 6) is 0. The molecule has 0 aliphatic rings. The normalized spacial score (nSPS) is 11.7. The molecular formula is C11H12ClN3O2S2. The fourth-order valence-corrected chi connectivity index (χ4v) is 4.00. The van der Waals surface area contributed by atoms with Crippen molar-refractivity contribution in [2.45, 2.75) is 18.4 Å². The molecule has 0 bridgehead atoms. The Kier molecular flexibility index (Phi) is 4.10. The molecule has 0 saturated heterocycles. The molecule has 1 aromatic heterocycles. The van der Waals surface area contributed by atoms with Crippen molar-refractivity contribution >= 4 is 38.6 Å². The monoisotopic (exact) mass is 317 g/mol. The predicted octanol–water partition coefficient (Wildman–Crippen LogP) is 2.17. The van der Waals surface area contributed by atoms with Gasteiger partial charge in [0.1, 0.15) is 9.90 Å². The van der Waals surface area contributed by atoms with Crippen LogP contribution in [0.15, 0.2) is 29.3 Å². The first-order chi connectivity index (χ1) is 8.90. The highest BCUT2D eigenvalue weighted by molar-refractivity contribution is 7.89. The van der Waals surface area contributed by atoms with Crippen LogP contribution < -0.4 is 10.5 Å². The predicted molar refractivity (Wildman–Crippen MR) is 76.7 cm³/mol. The highest BCUT2D eigenvalue weighted by atomic mass is 35.5. The van der Waals surface area contributed by atoms with Crippen LogP contribution in [-0.4, -0.2) is 13.4 Å². The third kappa shape index (κ3) is 3.24. The van der Waals surface area contributed by atoms with Gasteiger partial charge in [-0.1, -0.05) is 17.7 Å². The molecule has 0 unspecified atom stereocenters. The molecule has 19 heavy (non-hydrogen) atoms. The number of nitrogens with one attached hydrogen (secondary N) is 1. The van der Waals surface area contributed by atoms with Crippen LogP contribution in [0.5, 0.6) is 0 Å². The summed E-state index contributed by atoms with van der Waals surface area (Å²) >= 11 is 7.32. The second kappa shape index (κ2) is 5.46. The van der Waals surface area contributed by atoms with E-state index in [2.05, 4.69) is 9.71 Å². The van der Waals surface area contributed by atoms with Crippen LogP contribution in [0.4, 0.5) is 5.69 Å². The number of halogens is 1. The van der Waals surface area contributed by atoms with E-state index in [1.54, 1.807) is 12.3 Å². The summed E-state index contributed by atoms with van der Waals surface area (Å²) in [5, 5.41) is 0.787. The molecule has 0 fully saturated rings. The van der Waals surface area contributed by atoms with Crippen molar-refractivity contribution in [3.05, 3.63) is 39.3 Å². The molecule has 0 amide bonds. The first kappa shape index (κ1) is 14.3. The smallest absolute Gasteiger partial charge is 0.244 e. The van der Waals surface area contributed by atoms with Crippen LogP contribution in [0.1, 0.15) is 9.88 Å². The average Bonchev–Trinajstić information content (AvgIpc) is 2.72. The van der Waals surface area contributed by atoms with Gasteiger partial charge in [0.05, 0.1) is 17.3 Å². The molecule has 2 rings (SSSR count). The number of nitrogen functional groups attached to an aromatic ring is 1. The highest BCUT2D eigenvalue weighted by Crippen LogP contribution is 2.27. The number of sulfonamides is 1. The first-order valence-electron chi connectivity index (χ1n) is 5.35. The Morgan fingerprint density at radius 3 is 2.79 bits per heavy atom. The molecule has 0 atom stereocenters. The summed E-state index contributed by atoms with van der Waals surface area (Å²) in [4.78, 5) is 5.01. The lowest BCUT2D eigenvalue weighted by atomic mass is 10.3. The van der Waals surface area contributed by atoms with Crippen LogP contribution in [0.25, 0.3) is 0 Å². The van der Waals surface area contributed by atoms with Crippen molar-refractivity contribution in [1.29, 1.82) is 0 Å². The topological polar surface area (TPSA) is 85.1 Å². The van der Waals surface area contributed by atoms with Crippen molar-refractivity contribution in [2.75, 3.05) is 5.73 Å². The van der Waals surface area contributed by atoms with E-state index < -0.39 is 10.0 Å². The number of hydrogen-bond acceptors (Lipinski definition) is 5. The fraction of sp³-hybridized carbons (Fsp3) is 0.182. The number of rotatable bonds is 4. The maximum Gasteiger partial charge on any atom is 0.244 e. The third-order valence-electron chi connectivity index (χ3n) is 2.35. The van der Waals surface area contributed by atoms with Crippen LogP contribution in [0.3, 0.4) is 0 Å². The lowest BCUT2D eigenvalue weighted by Crippen LogP contribution is -2.24. The highest BCUT2D eigenvalue weighted by Gasteiger charge is 2.21. The fourth-order valence-electron chi connectivity index (χ4n) is 1.52. The van der Waals surface area contributed by atoms with E-state index in [4.69, 9.17) is 17.3 Å². The van der Waals surface area contributed by atoms with Crippen LogP contribution >= 0.6 is 22.9 Å². The maximum atomic E-state index is 12.2. The summed E-state index contributed by atoms with van der Waals surface area (Å²) in [6.45, 7) is 2.02. The van der Waals surface area contributed by atoms with Crippen LogP contribution in [0.2, 0.25) is 5.02 Å². The minimum absolute atomic E-state index is 0.0926. The summed E-state index contributed by atoms with van der Waals surface area (Å²) < 4.78 is 26.8. The van der Waals surface area contributed by atoms with Crippen molar-refractivity contribution < 1.29 is 8.42 Å². The molecule has 0 aliphatic carbocycles. The van der Waals surface area contributed by atoms with E-state index >= 15 is 0 Å². The van der Waals surface area contributed by atoms with Crippen molar-refractivity contribution in [1.82, 2.24) is 9.71 Å². The molecule has 0 aliphatic heterocycles. The molecule has 2 aromatic rings. The van der Waals surface area contributed by atoms with E-state index in [1.807, 2.05) is 6.92 Å². The van der Waals surface area contributed by atoms with Gasteiger partial charge in [-0.25, -0.2) is 18.1 Å². The van der Waals surface area contributed by atoms with E-state index in [-0.39, 0.29) is 22.2 Å². The summed E-state index contributed by atoms with van der Waals surface area (Å²) in [7, 11) is -3.75. The quantitative estimate of drug-likeness (QED) is 0.846. The largest absolute Gasteiger partial charge is 0.398 e. The van der Waals surface area contributed by atoms with Gasteiger partial charge in [0.2, 0.25) is 10.0 Å². The van der Waals surface area contributed by atoms with E-state index in [0.717, 1.165) is 4.88 Å². The Bertz CT molecular complexity index is 677. The Balaban J connectivity index is 2.23. The molecule has 0 saturated carbocycles. The Labute approximate surface area is 120 Å². The second-order valence-corrected chi connectivity index (χ2v) is 7.28. The number of aryl methyl sites for hydroxylation is 1. The van der Waals surface area contributed by atoms with Crippen molar-refractivity contribution in [3.8, 4) is 0 Å². The number of aromatic nitrogens is 1. The number of anilines is 1. The van der Waals surface area contributed by atoms with E-state index in [0.29, 0.717) is 5.01 Å². The molecule has 3 N–H and O–H groups in total. The van der Waals surface area contributed by atoms with E-state index in [9.17, 15) is 8.42 Å². The molecule has 1 aromatic carbocycles. The number of nitrogens with two attached hydrogens (primary N) is 1. The zero-order valence-electron chi connectivity index (χ0n) is 10.1. The Morgan fingerprint density at radius 1 is 1.47 bits per heavy atom. The number of hydrogen-bond donors (Lipinski definition) is 2. The zero-order valence-corrected chi connectivity index (χ0v) is 12.4. The third-order valence-corrected chi connectivity index (χ3v) is 5.21. The first-order valence-corrected chi connectivity index (χ1v) is 8.03. The SMILES string of the molecule is Cc1cnc(CNS(=O)(=O)c2c(N)cccc2Cl)s1. The van der Waals surface area contributed by atoms with Gasteiger partial charge in [0, 0.05) is 11.1 Å². The lowest BCUT2D eigenvalue weighted by molar-refractivity contribution is 0.581. The minimum Gasteiger partial charge on any atom is -0.398 e. The maximum absolute atomic E-state index is 12.2. The minimum atomic E-state index is -3.75. The van der Waals surface area contributed by atoms with Gasteiger partial charge >= 0.3 is 0 Å². The Morgan fingerprint density at radius 2 is 2.21 bits per heavy atom. The molecular weight excluding hydrogens is 306 g/mol. The number of benzene rings is 1. The van der Waals surface area contributed by atoms with Crippen LogP contribution in [-0.2, 0) is 16.6 Å². The van der Waals surface area contributed by atoms with Gasteiger partial charge in [-0.2, -0.15) is 0 Å². The van der Waals surface area contributed by atoms with Crippen LogP contribution in [0, 0.1) is 6.92 Å². The van der Waals surface area contributed by atoms with Gasteiger partial charge in [-0.05, 0) is 19.1 Å². The lowest BCUT2D eigenvalue weighted by Gasteiger charge is -2.09. The summed E-state index contributed by atoms with van der Waals surface area (Å²) in [5.41, 5.74) is 5.78. The van der Waals surface area contributed by atoms with Gasteiger partial charge in [0.15, 0.2) is 0 Å². The average molecular weight is 318 g/mol. The zero-order chi connectivity index (χ0) is 14.0. The van der Waals surface area contributed by atoms with E-state index in [1.165, 1.54) is 23.5 Å². The molecule has 0 spiro atoms. The van der Waals surface area contributed by atoms with Gasteiger partial charge < -0.3 is 5.73 Å². The van der Waals surface area contributed by atoms with Gasteiger partial charge in [-0.3, -0.25) is 0 Å². The molecule has 8 heteroatoms. The summed E-state index contributed by atoms with van der Waals surface area (Å²) in [6, 6.07) is 4.58. The van der Waals surface area contributed by atoms with Crippen molar-refractivity contribution in [2.24, 2.45) is 0 Å². The number of nitrogens with zero attached hydrogens (tertiary/aromatic N) is 1. The molecule has 102 valence electrons. The standard InChI is InChI=1S/C11H12ClN3O2S2/c1-7-5-14-10(18-7)6-15-19(16,17)11-8(12)3-2-4-9(11)13/h2-5,15H,6,13H2,1H3. The summed E-state index contributed by atoms with van der Waals surface area (Å²) in [6.07, 6.45) is 1.69. The molecule has 1 heterocycles. The number of thiazole rings is 1. The van der Waals surface area contributed by atoms with Gasteiger partial charge in [-0.15, -0.1) is 11.3 Å². The van der Waals surface area contributed by atoms with Crippen molar-refractivity contribution in [3.63, 3.8) is 0 Å². The second-order valence-electron chi connectivity index (χ2n) is 3.85. The molecule has 0 radical (unpaired) electrons.